The fourth-order valence-electron chi connectivity index (χ4n) is 3.59. The standard InChI is InChI=1S/C27H21F9N6/c28-25(29,30)19-7-1-16(2-8-19)13-37-22-40-23(38-14-17-3-9-20(10-4-17)26(31,32)33)42-24(41-22)39-15-18-5-11-21(12-6-18)27(34,35)36/h1-12H,13-15H2,(H3,37,38,39,40,41,42). The van der Waals surface area contributed by atoms with Crippen LogP contribution in [0.3, 0.4) is 0 Å². The summed E-state index contributed by atoms with van der Waals surface area (Å²) in [6.45, 7) is 0.122. The lowest BCUT2D eigenvalue weighted by molar-refractivity contribution is -0.138. The number of nitrogens with one attached hydrogen (secondary N) is 3. The van der Waals surface area contributed by atoms with Gasteiger partial charge in [0.25, 0.3) is 0 Å². The normalized spacial score (nSPS) is 12.2. The van der Waals surface area contributed by atoms with Crippen molar-refractivity contribution in [1.82, 2.24) is 15.0 Å². The van der Waals surface area contributed by atoms with Crippen molar-refractivity contribution < 1.29 is 39.5 Å². The van der Waals surface area contributed by atoms with Crippen molar-refractivity contribution in [3.8, 4) is 0 Å². The van der Waals surface area contributed by atoms with E-state index >= 15 is 0 Å². The molecule has 4 aromatic rings. The Labute approximate surface area is 233 Å². The third kappa shape index (κ3) is 8.47. The molecule has 0 fully saturated rings. The van der Waals surface area contributed by atoms with Crippen LogP contribution in [0.25, 0.3) is 0 Å². The predicted octanol–water partition coefficient (Wildman–Crippen LogP) is 7.76. The summed E-state index contributed by atoms with van der Waals surface area (Å²) in [5.41, 5.74) is -0.964. The molecule has 4 rings (SSSR count). The van der Waals surface area contributed by atoms with Crippen LogP contribution in [0.4, 0.5) is 57.4 Å². The molecule has 6 nitrogen and oxygen atoms in total. The van der Waals surface area contributed by atoms with E-state index in [0.29, 0.717) is 16.7 Å². The summed E-state index contributed by atoms with van der Waals surface area (Å²) >= 11 is 0. The summed E-state index contributed by atoms with van der Waals surface area (Å²) in [7, 11) is 0. The van der Waals surface area contributed by atoms with Crippen LogP contribution in [0.2, 0.25) is 0 Å². The lowest BCUT2D eigenvalue weighted by Gasteiger charge is -2.13. The molecule has 0 radical (unpaired) electrons. The zero-order chi connectivity index (χ0) is 30.5. The number of halogens is 9. The smallest absolute Gasteiger partial charge is 0.350 e. The number of alkyl halides is 9. The minimum Gasteiger partial charge on any atom is -0.350 e. The molecule has 0 saturated carbocycles. The highest BCUT2D eigenvalue weighted by molar-refractivity contribution is 5.44. The first kappa shape index (κ1) is 30.4. The Morgan fingerprint density at radius 3 is 0.786 bits per heavy atom. The van der Waals surface area contributed by atoms with Crippen molar-refractivity contribution in [3.63, 3.8) is 0 Å². The first-order chi connectivity index (χ1) is 19.7. The quantitative estimate of drug-likeness (QED) is 0.171. The average molecular weight is 600 g/mol. The minimum absolute atomic E-state index is 0.00902. The van der Waals surface area contributed by atoms with E-state index in [-0.39, 0.29) is 37.5 Å². The van der Waals surface area contributed by atoms with Gasteiger partial charge in [0.2, 0.25) is 17.8 Å². The molecule has 3 aromatic carbocycles. The molecule has 0 aliphatic carbocycles. The van der Waals surface area contributed by atoms with Crippen LogP contribution in [0.5, 0.6) is 0 Å². The summed E-state index contributed by atoms with van der Waals surface area (Å²) < 4.78 is 116. The van der Waals surface area contributed by atoms with E-state index in [1.54, 1.807) is 0 Å². The lowest BCUT2D eigenvalue weighted by Crippen LogP contribution is -2.13. The summed E-state index contributed by atoms with van der Waals surface area (Å²) in [6, 6.07) is 13.3. The Hall–Kier alpha value is -4.56. The predicted molar refractivity (Wildman–Crippen MR) is 136 cm³/mol. The zero-order valence-electron chi connectivity index (χ0n) is 21.3. The number of benzene rings is 3. The molecule has 0 unspecified atom stereocenters. The van der Waals surface area contributed by atoms with E-state index in [9.17, 15) is 39.5 Å². The van der Waals surface area contributed by atoms with E-state index in [0.717, 1.165) is 36.4 Å². The van der Waals surface area contributed by atoms with Gasteiger partial charge in [0.05, 0.1) is 16.7 Å². The summed E-state index contributed by atoms with van der Waals surface area (Å²) in [5, 5.41) is 8.61. The van der Waals surface area contributed by atoms with Crippen molar-refractivity contribution in [2.75, 3.05) is 16.0 Å². The monoisotopic (exact) mass is 600 g/mol. The number of aromatic nitrogens is 3. The van der Waals surface area contributed by atoms with Crippen molar-refractivity contribution in [1.29, 1.82) is 0 Å². The molecular weight excluding hydrogens is 579 g/mol. The maximum Gasteiger partial charge on any atom is 0.416 e. The molecule has 0 spiro atoms. The van der Waals surface area contributed by atoms with E-state index in [1.807, 2.05) is 0 Å². The Morgan fingerprint density at radius 2 is 0.595 bits per heavy atom. The van der Waals surface area contributed by atoms with Crippen LogP contribution in [0.15, 0.2) is 72.8 Å². The van der Waals surface area contributed by atoms with Crippen molar-refractivity contribution in [2.45, 2.75) is 38.2 Å². The van der Waals surface area contributed by atoms with Gasteiger partial charge in [-0.1, -0.05) is 36.4 Å². The highest BCUT2D eigenvalue weighted by Gasteiger charge is 2.31. The molecule has 0 atom stereocenters. The van der Waals surface area contributed by atoms with Gasteiger partial charge in [-0.05, 0) is 53.1 Å². The first-order valence-electron chi connectivity index (χ1n) is 12.1. The zero-order valence-corrected chi connectivity index (χ0v) is 21.3. The van der Waals surface area contributed by atoms with Crippen LogP contribution in [-0.4, -0.2) is 15.0 Å². The van der Waals surface area contributed by atoms with Gasteiger partial charge in [0.15, 0.2) is 0 Å². The molecular formula is C27H21F9N6. The van der Waals surface area contributed by atoms with Gasteiger partial charge < -0.3 is 16.0 Å². The Kier molecular flexibility index (Phi) is 8.78. The number of hydrogen-bond donors (Lipinski definition) is 3. The lowest BCUT2D eigenvalue weighted by atomic mass is 10.1. The number of anilines is 3. The van der Waals surface area contributed by atoms with Gasteiger partial charge in [-0.3, -0.25) is 0 Å². The third-order valence-electron chi connectivity index (χ3n) is 5.83. The molecule has 222 valence electrons. The Balaban J connectivity index is 1.49. The molecule has 0 amide bonds. The van der Waals surface area contributed by atoms with E-state index in [4.69, 9.17) is 0 Å². The minimum atomic E-state index is -4.48. The molecule has 0 aliphatic heterocycles. The fraction of sp³-hybridized carbons (Fsp3) is 0.222. The first-order valence-corrected chi connectivity index (χ1v) is 12.1. The molecule has 42 heavy (non-hydrogen) atoms. The highest BCUT2D eigenvalue weighted by Crippen LogP contribution is 2.31. The second kappa shape index (κ2) is 12.1. The van der Waals surface area contributed by atoms with Gasteiger partial charge in [-0.25, -0.2) is 0 Å². The van der Waals surface area contributed by atoms with Crippen molar-refractivity contribution in [3.05, 3.63) is 106 Å². The fourth-order valence-corrected chi connectivity index (χ4v) is 3.59. The Morgan fingerprint density at radius 1 is 0.381 bits per heavy atom. The molecule has 0 aliphatic rings. The second-order valence-electron chi connectivity index (χ2n) is 8.95. The number of nitrogens with zero attached hydrogens (tertiary/aromatic N) is 3. The highest BCUT2D eigenvalue weighted by atomic mass is 19.4. The summed E-state index contributed by atoms with van der Waals surface area (Å²) in [6.07, 6.45) is -13.5. The maximum atomic E-state index is 12.8. The van der Waals surface area contributed by atoms with Gasteiger partial charge in [-0.2, -0.15) is 54.5 Å². The van der Waals surface area contributed by atoms with Gasteiger partial charge >= 0.3 is 18.5 Å². The summed E-state index contributed by atoms with van der Waals surface area (Å²) in [5.74, 6) is 0.0270. The van der Waals surface area contributed by atoms with Crippen LogP contribution < -0.4 is 16.0 Å². The molecule has 1 aromatic heterocycles. The van der Waals surface area contributed by atoms with Crippen LogP contribution in [0, 0.1) is 0 Å². The molecule has 0 bridgehead atoms. The average Bonchev–Trinajstić information content (AvgIpc) is 2.93. The molecule has 3 N–H and O–H groups in total. The number of hydrogen-bond acceptors (Lipinski definition) is 6. The van der Waals surface area contributed by atoms with Crippen LogP contribution in [-0.2, 0) is 38.2 Å². The summed E-state index contributed by atoms with van der Waals surface area (Å²) in [4.78, 5) is 12.6. The van der Waals surface area contributed by atoms with Gasteiger partial charge in [0, 0.05) is 19.6 Å². The van der Waals surface area contributed by atoms with Crippen molar-refractivity contribution in [2.24, 2.45) is 0 Å². The van der Waals surface area contributed by atoms with E-state index < -0.39 is 35.2 Å². The third-order valence-corrected chi connectivity index (χ3v) is 5.83. The van der Waals surface area contributed by atoms with Gasteiger partial charge in [-0.15, -0.1) is 0 Å². The largest absolute Gasteiger partial charge is 0.416 e. The topological polar surface area (TPSA) is 74.8 Å². The van der Waals surface area contributed by atoms with Crippen LogP contribution in [0.1, 0.15) is 33.4 Å². The SMILES string of the molecule is FC(F)(F)c1ccc(CNc2nc(NCc3ccc(C(F)(F)F)cc3)nc(NCc3ccc(C(F)(F)F)cc3)n2)cc1. The van der Waals surface area contributed by atoms with Crippen molar-refractivity contribution >= 4 is 17.8 Å². The van der Waals surface area contributed by atoms with Crippen LogP contribution >= 0.6 is 0 Å². The molecule has 0 saturated heterocycles. The Bertz CT molecular complexity index is 1270. The van der Waals surface area contributed by atoms with E-state index in [2.05, 4.69) is 30.9 Å². The van der Waals surface area contributed by atoms with Gasteiger partial charge in [0.1, 0.15) is 0 Å². The molecule has 15 heteroatoms. The maximum absolute atomic E-state index is 12.8. The second-order valence-corrected chi connectivity index (χ2v) is 8.95. The van der Waals surface area contributed by atoms with E-state index in [1.165, 1.54) is 36.4 Å². The number of rotatable bonds is 9. The molecule has 1 heterocycles.